The molecule has 0 amide bonds. The van der Waals surface area contributed by atoms with Crippen molar-refractivity contribution in [1.82, 2.24) is 0 Å². The van der Waals surface area contributed by atoms with Crippen LogP contribution in [0.15, 0.2) is 35.4 Å². The van der Waals surface area contributed by atoms with Gasteiger partial charge in [0.1, 0.15) is 5.78 Å². The van der Waals surface area contributed by atoms with Crippen molar-refractivity contribution in [3.05, 3.63) is 47.1 Å². The fraction of sp³-hybridized carbons (Fsp3) is 0.583. The molecule has 1 aromatic rings. The van der Waals surface area contributed by atoms with Crippen LogP contribution >= 0.6 is 0 Å². The minimum Gasteiger partial charge on any atom is -0.504 e. The number of rotatable bonds is 13. The van der Waals surface area contributed by atoms with Crippen molar-refractivity contribution >= 4 is 17.5 Å². The number of nitrogens with two attached hydrogens (primary N) is 2. The quantitative estimate of drug-likeness (QED) is 0.0874. The number of carbonyl (C=O) groups excluding carboxylic acids is 2. The first kappa shape index (κ1) is 33.3. The summed E-state index contributed by atoms with van der Waals surface area (Å²) < 4.78 is 12.5. The van der Waals surface area contributed by atoms with Gasteiger partial charge in [0.2, 0.25) is 0 Å². The molecular weight excluding hydrogens is 554 g/mol. The molecule has 0 heterocycles. The fourth-order valence-corrected chi connectivity index (χ4v) is 6.94. The second-order valence-corrected chi connectivity index (χ2v) is 12.5. The Hall–Kier alpha value is -3.57. The molecule has 2 bridgehead atoms. The number of Topliss-reactive ketones (excluding diaryl/α,β-unsaturated/α-hetero) is 1. The van der Waals surface area contributed by atoms with E-state index in [-0.39, 0.29) is 59.3 Å². The van der Waals surface area contributed by atoms with Gasteiger partial charge in [-0.3, -0.25) is 4.79 Å². The van der Waals surface area contributed by atoms with Crippen molar-refractivity contribution < 1.29 is 24.2 Å². The van der Waals surface area contributed by atoms with E-state index in [4.69, 9.17) is 20.9 Å². The molecular formula is C36H49N3O5. The molecule has 0 aliphatic heterocycles. The third kappa shape index (κ3) is 8.53. The third-order valence-corrected chi connectivity index (χ3v) is 9.20. The molecule has 0 saturated heterocycles. The molecule has 3 aliphatic carbocycles. The summed E-state index contributed by atoms with van der Waals surface area (Å²) in [6.07, 6.45) is 16.2. The number of aliphatic imine (C=N–C) groups is 1. The predicted octanol–water partition coefficient (Wildman–Crippen LogP) is 5.63. The number of ketones is 2. The van der Waals surface area contributed by atoms with Crippen molar-refractivity contribution in [3.63, 3.8) is 0 Å². The van der Waals surface area contributed by atoms with E-state index in [0.29, 0.717) is 55.4 Å². The van der Waals surface area contributed by atoms with E-state index in [1.807, 2.05) is 12.1 Å². The average Bonchev–Trinajstić information content (AvgIpc) is 3.51. The van der Waals surface area contributed by atoms with Crippen molar-refractivity contribution in [1.29, 1.82) is 0 Å². The zero-order valence-corrected chi connectivity index (χ0v) is 26.5. The summed E-state index contributed by atoms with van der Waals surface area (Å²) in [5.74, 6) is 7.03. The van der Waals surface area contributed by atoms with Gasteiger partial charge in [0.05, 0.1) is 18.2 Å². The molecule has 238 valence electrons. The number of fused-ring (bicyclic) bond motifs is 3. The van der Waals surface area contributed by atoms with Gasteiger partial charge in [-0.15, -0.1) is 0 Å². The third-order valence-electron chi connectivity index (χ3n) is 9.20. The lowest BCUT2D eigenvalue weighted by molar-refractivity contribution is -0.117. The highest BCUT2D eigenvalue weighted by atomic mass is 16.5. The standard InChI is InChI=1S/C36H49N3O5/c1-4-5-6-10-26(41)18-16-24-22-33(44-27-11-7-8-12-27)35(42)34-28(24)13-9-14-31(39-36(37)38)25-17-20-32(43-3)30(21-25)29(34)19-15-23(2)40/h6,10,17,20,22,25,27,29-32,42H,4-5,7-8,11-12,14-16,18-19,21H2,1-3H3,(H4,37,38,39)/b10-6+/t25-,29-,30+,31+,32+/m0/s1. The number of allylic oxidation sites excluding steroid dienone is 2. The molecule has 0 unspecified atom stereocenters. The number of aromatic hydroxyl groups is 1. The largest absolute Gasteiger partial charge is 0.504 e. The summed E-state index contributed by atoms with van der Waals surface area (Å²) in [5.41, 5.74) is 13.9. The molecule has 5 N–H and O–H groups in total. The number of ether oxygens (including phenoxy) is 2. The Kier molecular flexibility index (Phi) is 12.1. The summed E-state index contributed by atoms with van der Waals surface area (Å²) in [6.45, 7) is 3.67. The minimum atomic E-state index is -0.260. The summed E-state index contributed by atoms with van der Waals surface area (Å²) in [7, 11) is 1.69. The van der Waals surface area contributed by atoms with Crippen LogP contribution in [0.4, 0.5) is 0 Å². The lowest BCUT2D eigenvalue weighted by Crippen LogP contribution is -2.37. The summed E-state index contributed by atoms with van der Waals surface area (Å²) in [6, 6.07) is 1.63. The van der Waals surface area contributed by atoms with Crippen LogP contribution in [0.5, 0.6) is 11.5 Å². The van der Waals surface area contributed by atoms with Crippen LogP contribution < -0.4 is 16.2 Å². The molecule has 8 heteroatoms. The zero-order valence-electron chi connectivity index (χ0n) is 26.5. The molecule has 1 fully saturated rings. The van der Waals surface area contributed by atoms with Gasteiger partial charge >= 0.3 is 0 Å². The van der Waals surface area contributed by atoms with Crippen LogP contribution in [-0.4, -0.2) is 48.0 Å². The lowest BCUT2D eigenvalue weighted by atomic mass is 9.68. The molecule has 3 aliphatic rings. The van der Waals surface area contributed by atoms with Crippen molar-refractivity contribution in [2.75, 3.05) is 7.11 Å². The van der Waals surface area contributed by atoms with Crippen molar-refractivity contribution in [2.45, 2.75) is 115 Å². The van der Waals surface area contributed by atoms with Gasteiger partial charge in [0.15, 0.2) is 23.2 Å². The van der Waals surface area contributed by atoms with Crippen molar-refractivity contribution in [2.24, 2.45) is 28.3 Å². The lowest BCUT2D eigenvalue weighted by Gasteiger charge is -2.39. The summed E-state index contributed by atoms with van der Waals surface area (Å²) >= 11 is 0. The summed E-state index contributed by atoms with van der Waals surface area (Å²) in [5, 5.41) is 12.0. The van der Waals surface area contributed by atoms with E-state index >= 15 is 0 Å². The monoisotopic (exact) mass is 603 g/mol. The van der Waals surface area contributed by atoms with Gasteiger partial charge in [-0.25, -0.2) is 4.99 Å². The van der Waals surface area contributed by atoms with Crippen LogP contribution in [0.3, 0.4) is 0 Å². The number of phenols is 1. The van der Waals surface area contributed by atoms with Gasteiger partial charge in [-0.05, 0) is 87.8 Å². The zero-order chi connectivity index (χ0) is 31.6. The Bertz CT molecular complexity index is 1330. The van der Waals surface area contributed by atoms with Crippen LogP contribution in [0.1, 0.15) is 107 Å². The Balaban J connectivity index is 1.90. The van der Waals surface area contributed by atoms with Crippen LogP contribution in [-0.2, 0) is 20.7 Å². The van der Waals surface area contributed by atoms with Crippen LogP contribution in [0, 0.1) is 23.7 Å². The minimum absolute atomic E-state index is 0.0104. The van der Waals surface area contributed by atoms with Crippen molar-refractivity contribution in [3.8, 4) is 23.3 Å². The molecule has 44 heavy (non-hydrogen) atoms. The first-order valence-electron chi connectivity index (χ1n) is 16.2. The molecule has 4 rings (SSSR count). The Morgan fingerprint density at radius 2 is 1.95 bits per heavy atom. The number of hydrogen-bond donors (Lipinski definition) is 3. The smallest absolute Gasteiger partial charge is 0.186 e. The van der Waals surface area contributed by atoms with Gasteiger partial charge in [0.25, 0.3) is 0 Å². The SMILES string of the molecule is CCC/C=C/C(=O)CCc1cc(OC2CCCC2)c(O)c2c1C#CC[C@@H](N=C(N)N)[C@H]1C=C[C@@H](OC)[C@H](C1)[C@@H]2CCC(C)=O. The molecule has 0 spiro atoms. The maximum Gasteiger partial charge on any atom is 0.186 e. The van der Waals surface area contributed by atoms with E-state index in [1.165, 1.54) is 0 Å². The van der Waals surface area contributed by atoms with E-state index in [1.54, 1.807) is 20.1 Å². The number of methoxy groups -OCH3 is 1. The molecule has 0 aromatic heterocycles. The molecule has 5 atom stereocenters. The number of nitrogens with zero attached hydrogens (tertiary/aromatic N) is 1. The Morgan fingerprint density at radius 3 is 2.64 bits per heavy atom. The number of phenolic OH excluding ortho intramolecular Hbond substituents is 1. The second-order valence-electron chi connectivity index (χ2n) is 12.5. The highest BCUT2D eigenvalue weighted by molar-refractivity contribution is 5.89. The first-order chi connectivity index (χ1) is 21.2. The van der Waals surface area contributed by atoms with Gasteiger partial charge in [0, 0.05) is 43.4 Å². The average molecular weight is 604 g/mol. The molecule has 1 aromatic carbocycles. The number of unbranched alkanes of at least 4 members (excludes halogenated alkanes) is 1. The molecule has 8 nitrogen and oxygen atoms in total. The highest BCUT2D eigenvalue weighted by Crippen LogP contribution is 2.49. The maximum absolute atomic E-state index is 12.8. The molecule has 0 radical (unpaired) electrons. The maximum atomic E-state index is 12.8. The topological polar surface area (TPSA) is 137 Å². The van der Waals surface area contributed by atoms with Crippen LogP contribution in [0.25, 0.3) is 0 Å². The van der Waals surface area contributed by atoms with Gasteiger partial charge in [-0.2, -0.15) is 0 Å². The van der Waals surface area contributed by atoms with Gasteiger partial charge < -0.3 is 30.8 Å². The molecule has 1 saturated carbocycles. The van der Waals surface area contributed by atoms with E-state index in [2.05, 4.69) is 35.9 Å². The Labute approximate surface area is 262 Å². The highest BCUT2D eigenvalue weighted by Gasteiger charge is 2.40. The number of aryl methyl sites for hydroxylation is 1. The fourth-order valence-electron chi connectivity index (χ4n) is 6.94. The van der Waals surface area contributed by atoms with E-state index in [0.717, 1.165) is 44.1 Å². The predicted molar refractivity (Wildman–Crippen MR) is 174 cm³/mol. The second kappa shape index (κ2) is 15.9. The van der Waals surface area contributed by atoms with E-state index < -0.39 is 0 Å². The number of benzene rings is 1. The normalized spacial score (nSPS) is 24.8. The number of guanidine groups is 1. The van der Waals surface area contributed by atoms with Gasteiger partial charge in [-0.1, -0.05) is 43.4 Å². The van der Waals surface area contributed by atoms with Crippen LogP contribution in [0.2, 0.25) is 0 Å². The number of carbonyl (C=O) groups is 2. The summed E-state index contributed by atoms with van der Waals surface area (Å²) in [4.78, 5) is 29.7. The first-order valence-corrected chi connectivity index (χ1v) is 16.2. The van der Waals surface area contributed by atoms with E-state index in [9.17, 15) is 14.7 Å². The number of hydrogen-bond acceptors (Lipinski definition) is 6. The Morgan fingerprint density at radius 1 is 1.18 bits per heavy atom.